The van der Waals surface area contributed by atoms with E-state index in [4.69, 9.17) is 5.11 Å². The molecule has 62 valence electrons. The van der Waals surface area contributed by atoms with Crippen LogP contribution in [-0.4, -0.2) is 23.7 Å². The highest BCUT2D eigenvalue weighted by molar-refractivity contribution is 5.73. The van der Waals surface area contributed by atoms with Gasteiger partial charge in [0.15, 0.2) is 0 Å². The fourth-order valence-electron chi connectivity index (χ4n) is 1.92. The van der Waals surface area contributed by atoms with Crippen LogP contribution < -0.4 is 5.32 Å². The van der Waals surface area contributed by atoms with Crippen molar-refractivity contribution in [1.29, 1.82) is 0 Å². The van der Waals surface area contributed by atoms with Gasteiger partial charge in [-0.05, 0) is 37.6 Å². The molecule has 3 heteroatoms. The van der Waals surface area contributed by atoms with Crippen molar-refractivity contribution in [2.24, 2.45) is 5.41 Å². The number of carboxylic acid groups (broad SMARTS) is 1. The van der Waals surface area contributed by atoms with E-state index in [2.05, 4.69) is 5.32 Å². The summed E-state index contributed by atoms with van der Waals surface area (Å²) in [5, 5.41) is 11.8. The second-order valence-electron chi connectivity index (χ2n) is 3.80. The molecule has 1 heterocycles. The number of hydrogen-bond acceptors (Lipinski definition) is 2. The van der Waals surface area contributed by atoms with Crippen LogP contribution in [0, 0.1) is 5.41 Å². The minimum Gasteiger partial charge on any atom is -0.480 e. The molecule has 2 rings (SSSR count). The van der Waals surface area contributed by atoms with Crippen molar-refractivity contribution in [2.75, 3.05) is 6.54 Å². The Hall–Kier alpha value is -0.570. The monoisotopic (exact) mass is 155 g/mol. The summed E-state index contributed by atoms with van der Waals surface area (Å²) < 4.78 is 0. The second-order valence-corrected chi connectivity index (χ2v) is 3.80. The molecule has 1 atom stereocenters. The average Bonchev–Trinajstić information content (AvgIpc) is 2.69. The predicted octanol–water partition coefficient (Wildman–Crippen LogP) is 0.603. The van der Waals surface area contributed by atoms with E-state index in [0.717, 1.165) is 13.0 Å². The lowest BCUT2D eigenvalue weighted by Gasteiger charge is -2.27. The standard InChI is InChI=1S/C8H13NO2/c10-7(11)6-5-8(1-2-8)3-4-9-6/h6,9H,1-5H2,(H,10,11). The summed E-state index contributed by atoms with van der Waals surface area (Å²) in [4.78, 5) is 10.6. The van der Waals surface area contributed by atoms with Gasteiger partial charge in [0.2, 0.25) is 0 Å². The summed E-state index contributed by atoms with van der Waals surface area (Å²) in [6, 6.07) is -0.272. The molecule has 0 radical (unpaired) electrons. The first-order chi connectivity index (χ1) is 5.22. The van der Waals surface area contributed by atoms with Gasteiger partial charge in [-0.2, -0.15) is 0 Å². The molecule has 0 aromatic carbocycles. The minimum absolute atomic E-state index is 0.272. The third-order valence-electron chi connectivity index (χ3n) is 2.94. The highest BCUT2D eigenvalue weighted by atomic mass is 16.4. The van der Waals surface area contributed by atoms with E-state index in [9.17, 15) is 4.79 Å². The molecular weight excluding hydrogens is 142 g/mol. The van der Waals surface area contributed by atoms with E-state index >= 15 is 0 Å². The van der Waals surface area contributed by atoms with Crippen molar-refractivity contribution in [1.82, 2.24) is 5.32 Å². The third kappa shape index (κ3) is 1.25. The zero-order chi connectivity index (χ0) is 7.90. The smallest absolute Gasteiger partial charge is 0.320 e. The van der Waals surface area contributed by atoms with Crippen molar-refractivity contribution >= 4 is 5.97 Å². The lowest BCUT2D eigenvalue weighted by atomic mass is 9.89. The summed E-state index contributed by atoms with van der Waals surface area (Å²) in [6.45, 7) is 0.886. The predicted molar refractivity (Wildman–Crippen MR) is 40.3 cm³/mol. The maximum absolute atomic E-state index is 10.6. The quantitative estimate of drug-likeness (QED) is 0.583. The lowest BCUT2D eigenvalue weighted by molar-refractivity contribution is -0.140. The van der Waals surface area contributed by atoms with E-state index in [-0.39, 0.29) is 6.04 Å². The summed E-state index contributed by atoms with van der Waals surface area (Å²) >= 11 is 0. The molecule has 0 aromatic rings. The topological polar surface area (TPSA) is 49.3 Å². The Kier molecular flexibility index (Phi) is 1.42. The molecule has 0 amide bonds. The maximum atomic E-state index is 10.6. The average molecular weight is 155 g/mol. The summed E-state index contributed by atoms with van der Waals surface area (Å²) in [5.41, 5.74) is 0.439. The third-order valence-corrected chi connectivity index (χ3v) is 2.94. The van der Waals surface area contributed by atoms with E-state index in [0.29, 0.717) is 5.41 Å². The number of carbonyl (C=O) groups is 1. The Balaban J connectivity index is 1.98. The molecule has 1 unspecified atom stereocenters. The Labute approximate surface area is 65.8 Å². The van der Waals surface area contributed by atoms with Crippen molar-refractivity contribution in [3.05, 3.63) is 0 Å². The zero-order valence-corrected chi connectivity index (χ0v) is 6.47. The molecule has 0 aromatic heterocycles. The van der Waals surface area contributed by atoms with Gasteiger partial charge in [0.1, 0.15) is 6.04 Å². The largest absolute Gasteiger partial charge is 0.480 e. The van der Waals surface area contributed by atoms with Crippen molar-refractivity contribution in [3.63, 3.8) is 0 Å². The van der Waals surface area contributed by atoms with E-state index in [1.807, 2.05) is 0 Å². The number of rotatable bonds is 1. The molecular formula is C8H13NO2. The molecule has 1 aliphatic carbocycles. The number of nitrogens with one attached hydrogen (secondary N) is 1. The maximum Gasteiger partial charge on any atom is 0.320 e. The van der Waals surface area contributed by atoms with Gasteiger partial charge in [0, 0.05) is 0 Å². The number of hydrogen-bond donors (Lipinski definition) is 2. The first-order valence-corrected chi connectivity index (χ1v) is 4.18. The second kappa shape index (κ2) is 2.21. The van der Waals surface area contributed by atoms with E-state index in [1.54, 1.807) is 0 Å². The van der Waals surface area contributed by atoms with Gasteiger partial charge in [0.25, 0.3) is 0 Å². The zero-order valence-electron chi connectivity index (χ0n) is 6.47. The van der Waals surface area contributed by atoms with Crippen LogP contribution in [0.5, 0.6) is 0 Å². The molecule has 2 aliphatic rings. The van der Waals surface area contributed by atoms with Gasteiger partial charge >= 0.3 is 5.97 Å². The van der Waals surface area contributed by atoms with Crippen LogP contribution in [0.15, 0.2) is 0 Å². The van der Waals surface area contributed by atoms with Gasteiger partial charge < -0.3 is 10.4 Å². The SMILES string of the molecule is O=C(O)C1CC2(CCN1)CC2. The highest BCUT2D eigenvalue weighted by Gasteiger charge is 2.47. The number of piperidine rings is 1. The van der Waals surface area contributed by atoms with Crippen LogP contribution >= 0.6 is 0 Å². The number of carboxylic acids is 1. The van der Waals surface area contributed by atoms with E-state index < -0.39 is 5.97 Å². The van der Waals surface area contributed by atoms with Gasteiger partial charge in [-0.1, -0.05) is 0 Å². The first kappa shape index (κ1) is 7.10. The van der Waals surface area contributed by atoms with Gasteiger partial charge in [-0.3, -0.25) is 4.79 Å². The molecule has 2 fully saturated rings. The molecule has 1 saturated carbocycles. The molecule has 1 spiro atoms. The molecule has 2 N–H and O–H groups in total. The van der Waals surface area contributed by atoms with Gasteiger partial charge in [-0.15, -0.1) is 0 Å². The Bertz CT molecular complexity index is 187. The Morgan fingerprint density at radius 3 is 2.73 bits per heavy atom. The summed E-state index contributed by atoms with van der Waals surface area (Å²) in [7, 11) is 0. The van der Waals surface area contributed by atoms with Crippen LogP contribution in [0.4, 0.5) is 0 Å². The molecule has 3 nitrogen and oxygen atoms in total. The number of aliphatic carboxylic acids is 1. The van der Waals surface area contributed by atoms with Crippen LogP contribution in [0.2, 0.25) is 0 Å². The summed E-state index contributed by atoms with van der Waals surface area (Å²) in [5.74, 6) is -0.684. The Morgan fingerprint density at radius 2 is 2.18 bits per heavy atom. The van der Waals surface area contributed by atoms with Crippen molar-refractivity contribution < 1.29 is 9.90 Å². The fourth-order valence-corrected chi connectivity index (χ4v) is 1.92. The van der Waals surface area contributed by atoms with Crippen LogP contribution in [0.1, 0.15) is 25.7 Å². The van der Waals surface area contributed by atoms with Gasteiger partial charge in [-0.25, -0.2) is 0 Å². The molecule has 1 aliphatic heterocycles. The highest BCUT2D eigenvalue weighted by Crippen LogP contribution is 2.53. The molecule has 0 bridgehead atoms. The normalized spacial score (nSPS) is 33.6. The minimum atomic E-state index is -0.684. The first-order valence-electron chi connectivity index (χ1n) is 4.18. The fraction of sp³-hybridized carbons (Fsp3) is 0.875. The molecule has 1 saturated heterocycles. The lowest BCUT2D eigenvalue weighted by Crippen LogP contribution is -2.44. The van der Waals surface area contributed by atoms with Crippen LogP contribution in [0.3, 0.4) is 0 Å². The summed E-state index contributed by atoms with van der Waals surface area (Å²) in [6.07, 6.45) is 4.52. The molecule has 11 heavy (non-hydrogen) atoms. The van der Waals surface area contributed by atoms with Crippen molar-refractivity contribution in [3.8, 4) is 0 Å². The van der Waals surface area contributed by atoms with Crippen LogP contribution in [-0.2, 0) is 4.79 Å². The Morgan fingerprint density at radius 1 is 1.45 bits per heavy atom. The van der Waals surface area contributed by atoms with Gasteiger partial charge in [0.05, 0.1) is 0 Å². The van der Waals surface area contributed by atoms with Crippen LogP contribution in [0.25, 0.3) is 0 Å². The van der Waals surface area contributed by atoms with Crippen molar-refractivity contribution in [2.45, 2.75) is 31.7 Å². The van der Waals surface area contributed by atoms with E-state index in [1.165, 1.54) is 19.3 Å².